The number of nitro benzene ring substituents is 1. The van der Waals surface area contributed by atoms with Crippen molar-refractivity contribution in [3.8, 4) is 0 Å². The maximum Gasteiger partial charge on any atom is 0.282 e. The Bertz CT molecular complexity index is 979. The molecular weight excluding hydrogens is 324 g/mol. The van der Waals surface area contributed by atoms with Gasteiger partial charge in [0.1, 0.15) is 11.1 Å². The Labute approximate surface area is 142 Å². The first-order chi connectivity index (χ1) is 12.1. The van der Waals surface area contributed by atoms with E-state index >= 15 is 0 Å². The molecular formula is C16H14N6O3. The van der Waals surface area contributed by atoms with Crippen LogP contribution in [0.25, 0.3) is 11.0 Å². The molecule has 1 aromatic heterocycles. The van der Waals surface area contributed by atoms with Gasteiger partial charge in [0, 0.05) is 6.07 Å². The first kappa shape index (κ1) is 16.2. The highest BCUT2D eigenvalue weighted by Crippen LogP contribution is 2.17. The molecule has 0 radical (unpaired) electrons. The topological polar surface area (TPSA) is 115 Å². The summed E-state index contributed by atoms with van der Waals surface area (Å²) in [4.78, 5) is 22.5. The summed E-state index contributed by atoms with van der Waals surface area (Å²) in [5.74, 6) is -0.643. The van der Waals surface area contributed by atoms with Gasteiger partial charge in [0.2, 0.25) is 0 Å². The van der Waals surface area contributed by atoms with E-state index in [4.69, 9.17) is 0 Å². The molecule has 0 spiro atoms. The number of carbonyl (C=O) groups excluding carboxylic acids is 1. The Morgan fingerprint density at radius 3 is 2.76 bits per heavy atom. The minimum absolute atomic E-state index is 0.0461. The van der Waals surface area contributed by atoms with Gasteiger partial charge in [-0.2, -0.15) is 5.10 Å². The number of nitro groups is 1. The third kappa shape index (κ3) is 3.50. The van der Waals surface area contributed by atoms with Crippen molar-refractivity contribution in [1.82, 2.24) is 20.4 Å². The molecule has 0 atom stereocenters. The fourth-order valence-electron chi connectivity index (χ4n) is 2.32. The smallest absolute Gasteiger partial charge is 0.267 e. The van der Waals surface area contributed by atoms with Crippen molar-refractivity contribution in [2.75, 3.05) is 0 Å². The number of aromatic nitrogens is 3. The molecule has 0 aliphatic carbocycles. The third-order valence-electron chi connectivity index (χ3n) is 3.49. The average Bonchev–Trinajstić information content (AvgIpc) is 3.02. The molecule has 0 saturated carbocycles. The summed E-state index contributed by atoms with van der Waals surface area (Å²) in [5, 5.41) is 23.0. The molecule has 126 valence electrons. The molecule has 1 heterocycles. The minimum Gasteiger partial charge on any atom is -0.267 e. The average molecular weight is 338 g/mol. The molecule has 0 unspecified atom stereocenters. The van der Waals surface area contributed by atoms with E-state index in [1.165, 1.54) is 18.2 Å². The van der Waals surface area contributed by atoms with Crippen LogP contribution in [0.15, 0.2) is 53.6 Å². The number of hydrogen-bond acceptors (Lipinski definition) is 6. The summed E-state index contributed by atoms with van der Waals surface area (Å²) < 4.78 is 1.66. The molecule has 0 fully saturated rings. The van der Waals surface area contributed by atoms with Gasteiger partial charge in [0.15, 0.2) is 0 Å². The molecule has 0 saturated heterocycles. The first-order valence-electron chi connectivity index (χ1n) is 7.41. The minimum atomic E-state index is -0.643. The molecule has 9 heteroatoms. The van der Waals surface area contributed by atoms with Gasteiger partial charge in [-0.3, -0.25) is 14.9 Å². The second-order valence-corrected chi connectivity index (χ2v) is 5.30. The second kappa shape index (κ2) is 6.87. The van der Waals surface area contributed by atoms with E-state index in [0.717, 1.165) is 11.0 Å². The van der Waals surface area contributed by atoms with Crippen LogP contribution >= 0.6 is 0 Å². The van der Waals surface area contributed by atoms with Crippen molar-refractivity contribution in [1.29, 1.82) is 0 Å². The van der Waals surface area contributed by atoms with Crippen molar-refractivity contribution >= 4 is 28.3 Å². The summed E-state index contributed by atoms with van der Waals surface area (Å²) in [7, 11) is 0. The number of nitrogens with zero attached hydrogens (tertiary/aromatic N) is 5. The monoisotopic (exact) mass is 338 g/mol. The lowest BCUT2D eigenvalue weighted by molar-refractivity contribution is -0.385. The number of hydrazone groups is 1. The molecule has 3 aromatic rings. The van der Waals surface area contributed by atoms with Crippen LogP contribution in [0.2, 0.25) is 0 Å². The zero-order valence-corrected chi connectivity index (χ0v) is 13.3. The Morgan fingerprint density at radius 2 is 1.96 bits per heavy atom. The third-order valence-corrected chi connectivity index (χ3v) is 3.49. The van der Waals surface area contributed by atoms with Crippen LogP contribution in [0.4, 0.5) is 5.69 Å². The van der Waals surface area contributed by atoms with E-state index in [2.05, 4.69) is 20.8 Å². The van der Waals surface area contributed by atoms with Crippen LogP contribution in [-0.2, 0) is 6.54 Å². The van der Waals surface area contributed by atoms with Gasteiger partial charge in [0.25, 0.3) is 11.6 Å². The van der Waals surface area contributed by atoms with Crippen LogP contribution in [0, 0.1) is 10.1 Å². The summed E-state index contributed by atoms with van der Waals surface area (Å²) in [5.41, 5.74) is 4.21. The quantitative estimate of drug-likeness (QED) is 0.435. The maximum atomic E-state index is 12.1. The molecule has 3 rings (SSSR count). The van der Waals surface area contributed by atoms with E-state index in [1.54, 1.807) is 17.7 Å². The van der Waals surface area contributed by atoms with E-state index in [-0.39, 0.29) is 11.3 Å². The Kier molecular flexibility index (Phi) is 4.46. The number of fused-ring (bicyclic) bond motifs is 1. The van der Waals surface area contributed by atoms with E-state index in [1.807, 2.05) is 24.3 Å². The number of rotatable bonds is 5. The van der Waals surface area contributed by atoms with Gasteiger partial charge in [-0.05, 0) is 25.1 Å². The normalized spacial score (nSPS) is 11.5. The first-order valence-corrected chi connectivity index (χ1v) is 7.41. The predicted octanol–water partition coefficient (Wildman–Crippen LogP) is 2.15. The number of benzene rings is 2. The van der Waals surface area contributed by atoms with Gasteiger partial charge < -0.3 is 0 Å². The highest BCUT2D eigenvalue weighted by atomic mass is 16.6. The van der Waals surface area contributed by atoms with Crippen molar-refractivity contribution in [2.45, 2.75) is 13.5 Å². The summed E-state index contributed by atoms with van der Waals surface area (Å²) in [6, 6.07) is 13.2. The molecule has 25 heavy (non-hydrogen) atoms. The lowest BCUT2D eigenvalue weighted by Gasteiger charge is -2.04. The van der Waals surface area contributed by atoms with Crippen molar-refractivity contribution < 1.29 is 9.72 Å². The Morgan fingerprint density at radius 1 is 1.24 bits per heavy atom. The van der Waals surface area contributed by atoms with Crippen LogP contribution in [0.5, 0.6) is 0 Å². The molecule has 9 nitrogen and oxygen atoms in total. The lowest BCUT2D eigenvalue weighted by Crippen LogP contribution is -2.21. The molecule has 2 aromatic carbocycles. The van der Waals surface area contributed by atoms with Gasteiger partial charge in [-0.15, -0.1) is 5.10 Å². The standard InChI is InChI=1S/C16H14N6O3/c1-11(10-21-15-9-5-3-7-13(15)18-20-21)17-19-16(23)12-6-2-4-8-14(12)22(24)25/h2-9H,10H2,1H3,(H,19,23)/b17-11-. The lowest BCUT2D eigenvalue weighted by atomic mass is 10.2. The summed E-state index contributed by atoms with van der Waals surface area (Å²) >= 11 is 0. The van der Waals surface area contributed by atoms with Gasteiger partial charge >= 0.3 is 0 Å². The van der Waals surface area contributed by atoms with Crippen molar-refractivity contribution in [2.24, 2.45) is 5.10 Å². The fourth-order valence-corrected chi connectivity index (χ4v) is 2.32. The molecule has 0 aliphatic rings. The zero-order chi connectivity index (χ0) is 17.8. The predicted molar refractivity (Wildman–Crippen MR) is 91.2 cm³/mol. The van der Waals surface area contributed by atoms with Gasteiger partial charge in [-0.1, -0.05) is 29.5 Å². The Hall–Kier alpha value is -3.62. The number of carbonyl (C=O) groups is 1. The van der Waals surface area contributed by atoms with Crippen LogP contribution < -0.4 is 5.43 Å². The number of amides is 1. The number of nitrogens with one attached hydrogen (secondary N) is 1. The van der Waals surface area contributed by atoms with Gasteiger partial charge in [0.05, 0.1) is 22.7 Å². The summed E-state index contributed by atoms with van der Waals surface area (Å²) in [6.07, 6.45) is 0. The second-order valence-electron chi connectivity index (χ2n) is 5.30. The van der Waals surface area contributed by atoms with Crippen LogP contribution in [0.3, 0.4) is 0 Å². The number of para-hydroxylation sites is 2. The van der Waals surface area contributed by atoms with Crippen molar-refractivity contribution in [3.05, 3.63) is 64.2 Å². The molecule has 0 aliphatic heterocycles. The maximum absolute atomic E-state index is 12.1. The molecule has 1 N–H and O–H groups in total. The molecule has 1 amide bonds. The fraction of sp³-hybridized carbons (Fsp3) is 0.125. The highest BCUT2D eigenvalue weighted by molar-refractivity contribution is 5.98. The zero-order valence-electron chi connectivity index (χ0n) is 13.3. The van der Waals surface area contributed by atoms with Crippen molar-refractivity contribution in [3.63, 3.8) is 0 Å². The van der Waals surface area contributed by atoms with Crippen LogP contribution in [-0.4, -0.2) is 31.5 Å². The van der Waals surface area contributed by atoms with E-state index < -0.39 is 10.8 Å². The SMILES string of the molecule is C/C(Cn1nnc2ccccc21)=N/NC(=O)c1ccccc1[N+](=O)[O-]. The number of hydrogen-bond donors (Lipinski definition) is 1. The van der Waals surface area contributed by atoms with Gasteiger partial charge in [-0.25, -0.2) is 10.1 Å². The Balaban J connectivity index is 1.73. The van der Waals surface area contributed by atoms with Crippen LogP contribution in [0.1, 0.15) is 17.3 Å². The highest BCUT2D eigenvalue weighted by Gasteiger charge is 2.18. The van der Waals surface area contributed by atoms with E-state index in [9.17, 15) is 14.9 Å². The molecule has 0 bridgehead atoms. The largest absolute Gasteiger partial charge is 0.282 e. The summed E-state index contributed by atoms with van der Waals surface area (Å²) in [6.45, 7) is 2.05. The van der Waals surface area contributed by atoms with E-state index in [0.29, 0.717) is 12.3 Å².